The zero-order valence-corrected chi connectivity index (χ0v) is 13.4. The first-order valence-corrected chi connectivity index (χ1v) is 3.92. The fraction of sp³-hybridized carbons (Fsp3) is 0.400. The summed E-state index contributed by atoms with van der Waals surface area (Å²) in [6.45, 7) is 1.10. The van der Waals surface area contributed by atoms with Gasteiger partial charge in [-0.25, -0.2) is 0 Å². The zero-order chi connectivity index (χ0) is 8.32. The molecule has 0 aliphatic heterocycles. The van der Waals surface area contributed by atoms with Gasteiger partial charge >= 0.3 is 0 Å². The Balaban J connectivity index is -0.000000403. The minimum atomic E-state index is 0. The van der Waals surface area contributed by atoms with Gasteiger partial charge < -0.3 is 55.4 Å². The molecule has 0 N–H and O–H groups in total. The Hall–Kier alpha value is 0.620. The van der Waals surface area contributed by atoms with Gasteiger partial charge in [-0.15, -0.1) is 0 Å². The van der Waals surface area contributed by atoms with Gasteiger partial charge in [-0.2, -0.15) is 0 Å². The highest BCUT2D eigenvalue weighted by molar-refractivity contribution is 5.13. The molecule has 4 heteroatoms. The largest absolute Gasteiger partial charge is 1.00 e. The average molecular weight is 390 g/mol. The van der Waals surface area contributed by atoms with E-state index in [2.05, 4.69) is 51.5 Å². The molecule has 0 unspecified atom stereocenters. The van der Waals surface area contributed by atoms with Crippen LogP contribution in [0.25, 0.3) is 0 Å². The third kappa shape index (κ3) is 9.19. The highest BCUT2D eigenvalue weighted by atomic mass is 79.9. The zero-order valence-electron chi connectivity index (χ0n) is 8.67. The molecule has 0 aliphatic rings. The van der Waals surface area contributed by atoms with Crippen LogP contribution in [0.5, 0.6) is 0 Å². The molecule has 0 fully saturated rings. The summed E-state index contributed by atoms with van der Waals surface area (Å²) >= 11 is 0. The summed E-state index contributed by atoms with van der Waals surface area (Å²) in [4.78, 5) is 0. The second-order valence-electron chi connectivity index (χ2n) is 3.93. The van der Waals surface area contributed by atoms with Crippen LogP contribution >= 0.6 is 0 Å². The van der Waals surface area contributed by atoms with Crippen LogP contribution < -0.4 is 50.9 Å². The van der Waals surface area contributed by atoms with E-state index in [-0.39, 0.29) is 50.9 Å². The molecule has 0 radical (unpaired) electrons. The Morgan fingerprint density at radius 2 is 1.29 bits per heavy atom. The summed E-state index contributed by atoms with van der Waals surface area (Å²) in [6, 6.07) is 10.6. The Kier molecular flexibility index (Phi) is 12.8. The molecular weight excluding hydrogens is 374 g/mol. The van der Waals surface area contributed by atoms with E-state index in [1.807, 2.05) is 0 Å². The third-order valence-corrected chi connectivity index (χ3v) is 1.50. The van der Waals surface area contributed by atoms with E-state index in [1.54, 1.807) is 0 Å². The smallest absolute Gasteiger partial charge is 0.104 e. The SMILES string of the molecule is C[N+](C)(C)Cc1ccccc1.[Br-].[Br-].[Br-]. The number of halogens is 3. The van der Waals surface area contributed by atoms with E-state index in [0.717, 1.165) is 11.0 Å². The Labute approximate surface area is 118 Å². The summed E-state index contributed by atoms with van der Waals surface area (Å²) in [5, 5.41) is 0. The lowest BCUT2D eigenvalue weighted by Gasteiger charge is -2.23. The number of nitrogens with zero attached hydrogens (tertiary/aromatic N) is 1. The maximum Gasteiger partial charge on any atom is 0.104 e. The van der Waals surface area contributed by atoms with Crippen LogP contribution in [0.2, 0.25) is 0 Å². The summed E-state index contributed by atoms with van der Waals surface area (Å²) in [5.41, 5.74) is 1.40. The van der Waals surface area contributed by atoms with E-state index in [0.29, 0.717) is 0 Å². The van der Waals surface area contributed by atoms with Gasteiger partial charge in [0.05, 0.1) is 21.1 Å². The van der Waals surface area contributed by atoms with Crippen molar-refractivity contribution in [2.24, 2.45) is 0 Å². The molecule has 0 heterocycles. The lowest BCUT2D eigenvalue weighted by Crippen LogP contribution is -3.00. The van der Waals surface area contributed by atoms with Crippen LogP contribution in [0.4, 0.5) is 0 Å². The Bertz CT molecular complexity index is 219. The molecule has 1 aromatic carbocycles. The van der Waals surface area contributed by atoms with Crippen LogP contribution in [0, 0.1) is 0 Å². The van der Waals surface area contributed by atoms with Gasteiger partial charge in [0, 0.05) is 5.56 Å². The maximum absolute atomic E-state index is 2.20. The van der Waals surface area contributed by atoms with E-state index in [9.17, 15) is 0 Å². The number of quaternary nitrogens is 1. The number of rotatable bonds is 2. The van der Waals surface area contributed by atoms with Crippen molar-refractivity contribution in [2.45, 2.75) is 6.54 Å². The van der Waals surface area contributed by atoms with Crippen molar-refractivity contribution in [3.8, 4) is 0 Å². The number of benzene rings is 1. The van der Waals surface area contributed by atoms with Gasteiger partial charge in [0.2, 0.25) is 0 Å². The van der Waals surface area contributed by atoms with Gasteiger partial charge in [0.25, 0.3) is 0 Å². The van der Waals surface area contributed by atoms with Gasteiger partial charge in [-0.05, 0) is 0 Å². The molecule has 14 heavy (non-hydrogen) atoms. The topological polar surface area (TPSA) is 0 Å². The van der Waals surface area contributed by atoms with E-state index in [1.165, 1.54) is 5.56 Å². The molecule has 0 spiro atoms. The van der Waals surface area contributed by atoms with Gasteiger partial charge in [0.15, 0.2) is 0 Å². The highest BCUT2D eigenvalue weighted by Crippen LogP contribution is 2.04. The van der Waals surface area contributed by atoms with Crippen LogP contribution in [-0.4, -0.2) is 25.6 Å². The van der Waals surface area contributed by atoms with Crippen molar-refractivity contribution in [2.75, 3.05) is 21.1 Å². The lowest BCUT2D eigenvalue weighted by molar-refractivity contribution is -0.884. The predicted octanol–water partition coefficient (Wildman–Crippen LogP) is -7.10. The van der Waals surface area contributed by atoms with Crippen LogP contribution in [0.15, 0.2) is 30.3 Å². The highest BCUT2D eigenvalue weighted by Gasteiger charge is 2.06. The van der Waals surface area contributed by atoms with Crippen molar-refractivity contribution in [3.63, 3.8) is 0 Å². The molecule has 1 nitrogen and oxygen atoms in total. The third-order valence-electron chi connectivity index (χ3n) is 1.50. The molecule has 1 rings (SSSR count). The van der Waals surface area contributed by atoms with E-state index in [4.69, 9.17) is 0 Å². The second kappa shape index (κ2) is 8.89. The normalized spacial score (nSPS) is 9.07. The molecule has 0 aliphatic carbocycles. The Morgan fingerprint density at radius 3 is 1.64 bits per heavy atom. The van der Waals surface area contributed by atoms with Gasteiger partial charge in [-0.3, -0.25) is 0 Å². The predicted molar refractivity (Wildman–Crippen MR) is 48.2 cm³/mol. The summed E-state index contributed by atoms with van der Waals surface area (Å²) in [6.07, 6.45) is 0. The number of hydrogen-bond donors (Lipinski definition) is 0. The molecule has 0 aromatic heterocycles. The number of hydrogen-bond acceptors (Lipinski definition) is 0. The average Bonchev–Trinajstić information content (AvgIpc) is 1.85. The van der Waals surface area contributed by atoms with E-state index < -0.39 is 0 Å². The minimum Gasteiger partial charge on any atom is -1.00 e. The first-order chi connectivity index (χ1) is 5.08. The lowest BCUT2D eigenvalue weighted by atomic mass is 10.2. The molecule has 0 atom stereocenters. The first kappa shape index (κ1) is 20.1. The van der Waals surface area contributed by atoms with Crippen LogP contribution in [-0.2, 0) is 6.54 Å². The van der Waals surface area contributed by atoms with Crippen molar-refractivity contribution >= 4 is 0 Å². The van der Waals surface area contributed by atoms with Crippen molar-refractivity contribution in [3.05, 3.63) is 35.9 Å². The molecule has 0 bridgehead atoms. The van der Waals surface area contributed by atoms with Crippen LogP contribution in [0.1, 0.15) is 5.56 Å². The van der Waals surface area contributed by atoms with Gasteiger partial charge in [-0.1, -0.05) is 30.3 Å². The van der Waals surface area contributed by atoms with Crippen LogP contribution in [0.3, 0.4) is 0 Å². The second-order valence-corrected chi connectivity index (χ2v) is 3.93. The van der Waals surface area contributed by atoms with E-state index >= 15 is 0 Å². The molecule has 0 saturated heterocycles. The van der Waals surface area contributed by atoms with Gasteiger partial charge in [0.1, 0.15) is 6.54 Å². The maximum atomic E-state index is 2.20. The fourth-order valence-electron chi connectivity index (χ4n) is 1.13. The first-order valence-electron chi connectivity index (χ1n) is 3.92. The summed E-state index contributed by atoms with van der Waals surface area (Å²) in [7, 11) is 6.60. The minimum absolute atomic E-state index is 0. The Morgan fingerprint density at radius 1 is 0.857 bits per heavy atom. The molecular formula is C10H16Br3N-2. The standard InChI is InChI=1S/C10H16N.3BrH/c1-11(2,3)9-10-7-5-4-6-8-10;;;/h4-8H,9H2,1-3H3;3*1H/q+1;;;/p-3. The van der Waals surface area contributed by atoms with Crippen molar-refractivity contribution < 1.29 is 55.4 Å². The molecule has 1 aromatic rings. The molecule has 84 valence electrons. The summed E-state index contributed by atoms with van der Waals surface area (Å²) < 4.78 is 0.990. The summed E-state index contributed by atoms with van der Waals surface area (Å²) in [5.74, 6) is 0. The quantitative estimate of drug-likeness (QED) is 0.441. The van der Waals surface area contributed by atoms with Crippen molar-refractivity contribution in [1.29, 1.82) is 0 Å². The monoisotopic (exact) mass is 387 g/mol. The van der Waals surface area contributed by atoms with Crippen molar-refractivity contribution in [1.82, 2.24) is 0 Å². The fourth-order valence-corrected chi connectivity index (χ4v) is 1.13. The molecule has 0 saturated carbocycles. The molecule has 0 amide bonds.